The maximum atomic E-state index is 13.3. The fourth-order valence-corrected chi connectivity index (χ4v) is 4.30. The van der Waals surface area contributed by atoms with Crippen LogP contribution in [0.1, 0.15) is 44.7 Å². The fourth-order valence-electron chi connectivity index (χ4n) is 3.23. The van der Waals surface area contributed by atoms with E-state index in [4.69, 9.17) is 16.3 Å². The van der Waals surface area contributed by atoms with Gasteiger partial charge < -0.3 is 15.0 Å². The van der Waals surface area contributed by atoms with Gasteiger partial charge in [0.25, 0.3) is 0 Å². The van der Waals surface area contributed by atoms with Crippen LogP contribution < -0.4 is 10.1 Å². The van der Waals surface area contributed by atoms with E-state index in [-0.39, 0.29) is 23.6 Å². The third-order valence-electron chi connectivity index (χ3n) is 5.34. The lowest BCUT2D eigenvalue weighted by Gasteiger charge is -2.31. The molecule has 0 aliphatic carbocycles. The van der Waals surface area contributed by atoms with Crippen LogP contribution >= 0.6 is 23.4 Å². The number of hydrogen-bond donors (Lipinski definition) is 1. The number of ether oxygens (including phenoxy) is 1. The van der Waals surface area contributed by atoms with E-state index in [9.17, 15) is 9.59 Å². The van der Waals surface area contributed by atoms with Crippen molar-refractivity contribution < 1.29 is 14.3 Å². The summed E-state index contributed by atoms with van der Waals surface area (Å²) in [5.41, 5.74) is 1.94. The molecule has 0 saturated heterocycles. The molecule has 0 aromatic heterocycles. The van der Waals surface area contributed by atoms with Crippen LogP contribution in [0, 0.1) is 0 Å². The summed E-state index contributed by atoms with van der Waals surface area (Å²) in [6.45, 7) is 6.22. The van der Waals surface area contributed by atoms with Crippen LogP contribution in [0.15, 0.2) is 48.5 Å². The highest BCUT2D eigenvalue weighted by molar-refractivity contribution is 7.99. The van der Waals surface area contributed by atoms with Crippen molar-refractivity contribution in [2.24, 2.45) is 0 Å². The van der Waals surface area contributed by atoms with E-state index in [0.717, 1.165) is 23.3 Å². The Kier molecular flexibility index (Phi) is 10.9. The molecule has 7 heteroatoms. The molecule has 0 bridgehead atoms. The molecule has 2 aromatic carbocycles. The Bertz CT molecular complexity index is 876. The lowest BCUT2D eigenvalue weighted by molar-refractivity contribution is -0.139. The molecule has 0 radical (unpaired) electrons. The molecule has 2 amide bonds. The summed E-state index contributed by atoms with van der Waals surface area (Å²) in [4.78, 5) is 27.9. The number of carbonyl (C=O) groups excluding carboxylic acids is 2. The largest absolute Gasteiger partial charge is 0.497 e. The van der Waals surface area contributed by atoms with E-state index < -0.39 is 6.04 Å². The second-order valence-electron chi connectivity index (χ2n) is 7.70. The van der Waals surface area contributed by atoms with E-state index in [1.54, 1.807) is 18.1 Å². The standard InChI is InChI=1S/C25H33ClN2O3S/c1-5-18(3)27-25(30)23(6-2)28(15-20-9-7-8-10-22(20)26)24(29)17-32-16-19-11-13-21(31-4)14-12-19/h7-14,18,23H,5-6,15-17H2,1-4H3,(H,27,30)/t18-,23+/m0/s1. The van der Waals surface area contributed by atoms with Gasteiger partial charge in [0.05, 0.1) is 12.9 Å². The van der Waals surface area contributed by atoms with Crippen LogP contribution in [0.3, 0.4) is 0 Å². The number of carbonyl (C=O) groups is 2. The minimum atomic E-state index is -0.547. The number of amides is 2. The average molecular weight is 477 g/mol. The van der Waals surface area contributed by atoms with Crippen molar-refractivity contribution in [3.8, 4) is 5.75 Å². The lowest BCUT2D eigenvalue weighted by atomic mass is 10.1. The van der Waals surface area contributed by atoms with Gasteiger partial charge in [-0.2, -0.15) is 0 Å². The third-order valence-corrected chi connectivity index (χ3v) is 6.70. The Morgan fingerprint density at radius 2 is 1.78 bits per heavy atom. The Morgan fingerprint density at radius 1 is 1.09 bits per heavy atom. The Balaban J connectivity index is 2.13. The molecule has 0 aliphatic heterocycles. The quantitative estimate of drug-likeness (QED) is 0.451. The van der Waals surface area contributed by atoms with Crippen molar-refractivity contribution >= 4 is 35.2 Å². The molecule has 0 spiro atoms. The van der Waals surface area contributed by atoms with Crippen LogP contribution in [0.25, 0.3) is 0 Å². The first-order valence-electron chi connectivity index (χ1n) is 10.9. The van der Waals surface area contributed by atoms with E-state index in [0.29, 0.717) is 23.7 Å². The normalized spacial score (nSPS) is 12.7. The predicted octanol–water partition coefficient (Wildman–Crippen LogP) is 5.30. The Labute approximate surface area is 200 Å². The van der Waals surface area contributed by atoms with Gasteiger partial charge in [-0.1, -0.05) is 55.8 Å². The number of hydrogen-bond acceptors (Lipinski definition) is 4. The molecule has 174 valence electrons. The van der Waals surface area contributed by atoms with Gasteiger partial charge in [0.2, 0.25) is 11.8 Å². The Hall–Kier alpha value is -2.18. The third kappa shape index (κ3) is 7.75. The minimum Gasteiger partial charge on any atom is -0.497 e. The van der Waals surface area contributed by atoms with Crippen LogP contribution in [-0.2, 0) is 21.9 Å². The van der Waals surface area contributed by atoms with Gasteiger partial charge in [0, 0.05) is 23.4 Å². The van der Waals surface area contributed by atoms with Gasteiger partial charge in [0.15, 0.2) is 0 Å². The van der Waals surface area contributed by atoms with Crippen molar-refractivity contribution in [1.82, 2.24) is 10.2 Å². The molecule has 1 N–H and O–H groups in total. The molecular formula is C25H33ClN2O3S. The number of nitrogens with zero attached hydrogens (tertiary/aromatic N) is 1. The van der Waals surface area contributed by atoms with Gasteiger partial charge in [-0.05, 0) is 49.1 Å². The second-order valence-corrected chi connectivity index (χ2v) is 9.09. The van der Waals surface area contributed by atoms with E-state index in [1.807, 2.05) is 63.2 Å². The zero-order chi connectivity index (χ0) is 23.5. The van der Waals surface area contributed by atoms with Gasteiger partial charge in [0.1, 0.15) is 11.8 Å². The van der Waals surface area contributed by atoms with Gasteiger partial charge in [-0.3, -0.25) is 9.59 Å². The summed E-state index contributed by atoms with van der Waals surface area (Å²) >= 11 is 7.89. The summed E-state index contributed by atoms with van der Waals surface area (Å²) in [7, 11) is 1.64. The van der Waals surface area contributed by atoms with E-state index in [1.165, 1.54) is 11.8 Å². The van der Waals surface area contributed by atoms with Crippen LogP contribution in [0.5, 0.6) is 5.75 Å². The van der Waals surface area contributed by atoms with Crippen LogP contribution in [-0.4, -0.2) is 41.7 Å². The smallest absolute Gasteiger partial charge is 0.243 e. The summed E-state index contributed by atoms with van der Waals surface area (Å²) in [5.74, 6) is 1.59. The first-order valence-corrected chi connectivity index (χ1v) is 12.5. The van der Waals surface area contributed by atoms with Gasteiger partial charge in [-0.25, -0.2) is 0 Å². The molecule has 0 unspecified atom stereocenters. The maximum Gasteiger partial charge on any atom is 0.243 e. The first kappa shape index (κ1) is 26.1. The van der Waals surface area contributed by atoms with Crippen LogP contribution in [0.2, 0.25) is 5.02 Å². The second kappa shape index (κ2) is 13.4. The molecule has 5 nitrogen and oxygen atoms in total. The SMILES string of the molecule is CC[C@H](C(=O)N[C@@H](C)CC)N(Cc1ccccc1Cl)C(=O)CSCc1ccc(OC)cc1. The molecule has 0 heterocycles. The molecule has 0 saturated carbocycles. The highest BCUT2D eigenvalue weighted by atomic mass is 35.5. The predicted molar refractivity (Wildman–Crippen MR) is 133 cm³/mol. The summed E-state index contributed by atoms with van der Waals surface area (Å²) in [6, 6.07) is 14.8. The topological polar surface area (TPSA) is 58.6 Å². The molecule has 0 fully saturated rings. The van der Waals surface area contributed by atoms with Crippen molar-refractivity contribution in [2.75, 3.05) is 12.9 Å². The maximum absolute atomic E-state index is 13.3. The van der Waals surface area contributed by atoms with E-state index >= 15 is 0 Å². The van der Waals surface area contributed by atoms with Gasteiger partial charge in [-0.15, -0.1) is 11.8 Å². The molecule has 0 aliphatic rings. The van der Waals surface area contributed by atoms with E-state index in [2.05, 4.69) is 5.32 Å². The van der Waals surface area contributed by atoms with Crippen molar-refractivity contribution in [1.29, 1.82) is 0 Å². The first-order chi connectivity index (χ1) is 15.4. The average Bonchev–Trinajstić information content (AvgIpc) is 2.80. The van der Waals surface area contributed by atoms with Crippen molar-refractivity contribution in [3.05, 3.63) is 64.7 Å². The number of rotatable bonds is 12. The highest BCUT2D eigenvalue weighted by Gasteiger charge is 2.29. The number of benzene rings is 2. The molecule has 2 atom stereocenters. The highest BCUT2D eigenvalue weighted by Crippen LogP contribution is 2.22. The summed E-state index contributed by atoms with van der Waals surface area (Å²) in [6.07, 6.45) is 1.36. The fraction of sp³-hybridized carbons (Fsp3) is 0.440. The lowest BCUT2D eigenvalue weighted by Crippen LogP contribution is -2.51. The molecule has 2 aromatic rings. The number of halogens is 1. The minimum absolute atomic E-state index is 0.0539. The number of methoxy groups -OCH3 is 1. The monoisotopic (exact) mass is 476 g/mol. The zero-order valence-corrected chi connectivity index (χ0v) is 20.8. The number of nitrogens with one attached hydrogen (secondary N) is 1. The summed E-state index contributed by atoms with van der Waals surface area (Å²) < 4.78 is 5.19. The molecule has 2 rings (SSSR count). The van der Waals surface area contributed by atoms with Gasteiger partial charge >= 0.3 is 0 Å². The Morgan fingerprint density at radius 3 is 2.38 bits per heavy atom. The summed E-state index contributed by atoms with van der Waals surface area (Å²) in [5, 5.41) is 3.62. The molecule has 32 heavy (non-hydrogen) atoms. The van der Waals surface area contributed by atoms with Crippen molar-refractivity contribution in [3.63, 3.8) is 0 Å². The molecular weight excluding hydrogens is 444 g/mol. The van der Waals surface area contributed by atoms with Crippen molar-refractivity contribution in [2.45, 2.75) is 58.0 Å². The van der Waals surface area contributed by atoms with Crippen LogP contribution in [0.4, 0.5) is 0 Å². The number of thioether (sulfide) groups is 1. The zero-order valence-electron chi connectivity index (χ0n) is 19.3.